The fourth-order valence-corrected chi connectivity index (χ4v) is 3.81. The summed E-state index contributed by atoms with van der Waals surface area (Å²) in [6, 6.07) is 15.0. The summed E-state index contributed by atoms with van der Waals surface area (Å²) in [6.07, 6.45) is 0.734. The number of nitrogens with zero attached hydrogens (tertiary/aromatic N) is 1. The largest absolute Gasteiger partial charge is 0.274 e. The number of rotatable bonds is 5. The molecule has 128 valence electrons. The summed E-state index contributed by atoms with van der Waals surface area (Å²) in [6.45, 7) is 4.38. The lowest BCUT2D eigenvalue weighted by Crippen LogP contribution is -2.32. The zero-order valence-electron chi connectivity index (χ0n) is 14.1. The van der Waals surface area contributed by atoms with Crippen LogP contribution in [0.3, 0.4) is 0 Å². The minimum Gasteiger partial charge on any atom is -0.274 e. The van der Waals surface area contributed by atoms with E-state index in [0.29, 0.717) is 22.0 Å². The van der Waals surface area contributed by atoms with Crippen molar-refractivity contribution in [1.82, 2.24) is 4.90 Å². The lowest BCUT2D eigenvalue weighted by Gasteiger charge is -2.13. The average molecular weight is 372 g/mol. The van der Waals surface area contributed by atoms with Crippen LogP contribution >= 0.6 is 23.4 Å². The molecule has 0 N–H and O–H groups in total. The fraction of sp³-hybridized carbons (Fsp3) is 0.200. The summed E-state index contributed by atoms with van der Waals surface area (Å²) in [5.74, 6) is -0.436. The average Bonchev–Trinajstić information content (AvgIpc) is 2.83. The summed E-state index contributed by atoms with van der Waals surface area (Å²) >= 11 is 7.25. The van der Waals surface area contributed by atoms with E-state index >= 15 is 0 Å². The minimum absolute atomic E-state index is 0.216. The molecule has 1 heterocycles. The van der Waals surface area contributed by atoms with Gasteiger partial charge in [-0.3, -0.25) is 14.5 Å². The number of imide groups is 1. The normalized spacial score (nSPS) is 14.6. The topological polar surface area (TPSA) is 37.4 Å². The van der Waals surface area contributed by atoms with Crippen molar-refractivity contribution in [3.8, 4) is 0 Å². The molecule has 25 heavy (non-hydrogen) atoms. The molecule has 0 radical (unpaired) electrons. The second kappa shape index (κ2) is 7.46. The number of hydrogen-bond acceptors (Lipinski definition) is 3. The van der Waals surface area contributed by atoms with Gasteiger partial charge < -0.3 is 0 Å². The Morgan fingerprint density at radius 1 is 0.960 bits per heavy atom. The van der Waals surface area contributed by atoms with E-state index in [1.807, 2.05) is 50.2 Å². The molecule has 0 aliphatic carbocycles. The lowest BCUT2D eigenvalue weighted by atomic mass is 10.0. The van der Waals surface area contributed by atoms with Crippen LogP contribution in [0, 0.1) is 6.92 Å². The van der Waals surface area contributed by atoms with Gasteiger partial charge in [0.1, 0.15) is 0 Å². The summed E-state index contributed by atoms with van der Waals surface area (Å²) in [5, 5.41) is 0.638. The molecule has 1 aliphatic rings. The molecular formula is C20H18ClNO2S. The predicted octanol–water partition coefficient (Wildman–Crippen LogP) is 4.93. The van der Waals surface area contributed by atoms with Gasteiger partial charge >= 0.3 is 0 Å². The van der Waals surface area contributed by atoms with Crippen LogP contribution in [0.25, 0.3) is 5.57 Å². The Morgan fingerprint density at radius 3 is 2.20 bits per heavy atom. The van der Waals surface area contributed by atoms with E-state index in [9.17, 15) is 9.59 Å². The van der Waals surface area contributed by atoms with E-state index in [1.165, 1.54) is 16.7 Å². The molecule has 0 saturated carbocycles. The van der Waals surface area contributed by atoms with Crippen LogP contribution in [-0.4, -0.2) is 23.3 Å². The first-order chi connectivity index (χ1) is 12.0. The Hall–Kier alpha value is -2.04. The summed E-state index contributed by atoms with van der Waals surface area (Å²) < 4.78 is 0. The third-order valence-electron chi connectivity index (χ3n) is 3.95. The van der Waals surface area contributed by atoms with Gasteiger partial charge in [0.25, 0.3) is 11.8 Å². The Kier molecular flexibility index (Phi) is 5.30. The van der Waals surface area contributed by atoms with Gasteiger partial charge in [0.05, 0.1) is 10.5 Å². The summed E-state index contributed by atoms with van der Waals surface area (Å²) in [7, 11) is 0. The highest BCUT2D eigenvalue weighted by Gasteiger charge is 2.38. The van der Waals surface area contributed by atoms with E-state index < -0.39 is 0 Å². The van der Waals surface area contributed by atoms with Gasteiger partial charge in [0.2, 0.25) is 0 Å². The monoisotopic (exact) mass is 371 g/mol. The maximum absolute atomic E-state index is 12.9. The second-order valence-corrected chi connectivity index (χ2v) is 7.41. The molecule has 3 rings (SSSR count). The first kappa shape index (κ1) is 17.8. The Balaban J connectivity index is 2.05. The zero-order valence-corrected chi connectivity index (χ0v) is 15.7. The van der Waals surface area contributed by atoms with E-state index in [4.69, 9.17) is 11.6 Å². The SMILES string of the molecule is CCCN1C(=O)C(Sc2ccc(Cl)cc2)=C(c2ccc(C)cc2)C1=O. The first-order valence-corrected chi connectivity index (χ1v) is 9.31. The number of halogens is 1. The molecule has 2 aromatic carbocycles. The van der Waals surface area contributed by atoms with E-state index in [0.717, 1.165) is 22.4 Å². The number of benzene rings is 2. The molecule has 0 bridgehead atoms. The third kappa shape index (κ3) is 3.65. The smallest absolute Gasteiger partial charge is 0.268 e. The van der Waals surface area contributed by atoms with Crippen LogP contribution in [0.15, 0.2) is 58.3 Å². The molecule has 0 unspecified atom stereocenters. The summed E-state index contributed by atoms with van der Waals surface area (Å²) in [4.78, 5) is 28.4. The zero-order chi connectivity index (χ0) is 18.0. The van der Waals surface area contributed by atoms with E-state index in [2.05, 4.69) is 0 Å². The molecule has 2 aromatic rings. The van der Waals surface area contributed by atoms with Crippen LogP contribution in [0.2, 0.25) is 5.02 Å². The van der Waals surface area contributed by atoms with Crippen molar-refractivity contribution in [3.05, 3.63) is 69.6 Å². The quantitative estimate of drug-likeness (QED) is 0.699. The van der Waals surface area contributed by atoms with Crippen LogP contribution in [0.5, 0.6) is 0 Å². The predicted molar refractivity (Wildman–Crippen MR) is 102 cm³/mol. The van der Waals surface area contributed by atoms with Gasteiger partial charge in [-0.15, -0.1) is 0 Å². The summed E-state index contributed by atoms with van der Waals surface area (Å²) in [5.41, 5.74) is 2.37. The molecule has 0 spiro atoms. The van der Waals surface area contributed by atoms with Crippen molar-refractivity contribution < 1.29 is 9.59 Å². The third-order valence-corrected chi connectivity index (χ3v) is 5.29. The Morgan fingerprint density at radius 2 is 1.60 bits per heavy atom. The number of hydrogen-bond donors (Lipinski definition) is 0. The van der Waals surface area contributed by atoms with Crippen LogP contribution < -0.4 is 0 Å². The Bertz CT molecular complexity index is 841. The standard InChI is InChI=1S/C20H18ClNO2S/c1-3-12-22-19(23)17(14-6-4-13(2)5-7-14)18(20(22)24)25-16-10-8-15(21)9-11-16/h4-11H,3,12H2,1-2H3. The highest BCUT2D eigenvalue weighted by atomic mass is 35.5. The van der Waals surface area contributed by atoms with Crippen molar-refractivity contribution in [2.45, 2.75) is 25.2 Å². The van der Waals surface area contributed by atoms with Gasteiger partial charge in [-0.25, -0.2) is 0 Å². The second-order valence-electron chi connectivity index (χ2n) is 5.89. The molecule has 0 fully saturated rings. The number of thioether (sulfide) groups is 1. The highest BCUT2D eigenvalue weighted by Crippen LogP contribution is 2.40. The molecular weight excluding hydrogens is 354 g/mol. The van der Waals surface area contributed by atoms with Crippen molar-refractivity contribution in [1.29, 1.82) is 0 Å². The molecule has 0 atom stereocenters. The van der Waals surface area contributed by atoms with Gasteiger partial charge in [-0.1, -0.05) is 60.1 Å². The van der Waals surface area contributed by atoms with Gasteiger partial charge in [0, 0.05) is 16.5 Å². The van der Waals surface area contributed by atoms with Crippen LogP contribution in [0.1, 0.15) is 24.5 Å². The number of carbonyl (C=O) groups excluding carboxylic acids is 2. The van der Waals surface area contributed by atoms with E-state index in [-0.39, 0.29) is 11.8 Å². The molecule has 5 heteroatoms. The Labute approximate surface area is 156 Å². The lowest BCUT2D eigenvalue weighted by molar-refractivity contribution is -0.136. The first-order valence-electron chi connectivity index (χ1n) is 8.12. The molecule has 0 aromatic heterocycles. The molecule has 1 aliphatic heterocycles. The van der Waals surface area contributed by atoms with E-state index in [1.54, 1.807) is 12.1 Å². The molecule has 0 saturated heterocycles. The minimum atomic E-state index is -0.220. The van der Waals surface area contributed by atoms with Gasteiger partial charge in [-0.05, 0) is 43.2 Å². The van der Waals surface area contributed by atoms with Crippen molar-refractivity contribution in [3.63, 3.8) is 0 Å². The maximum atomic E-state index is 12.9. The number of carbonyl (C=O) groups is 2. The maximum Gasteiger partial charge on any atom is 0.268 e. The van der Waals surface area contributed by atoms with Crippen LogP contribution in [0.4, 0.5) is 0 Å². The fourth-order valence-electron chi connectivity index (χ4n) is 2.67. The van der Waals surface area contributed by atoms with Crippen molar-refractivity contribution in [2.75, 3.05) is 6.54 Å². The highest BCUT2D eigenvalue weighted by molar-refractivity contribution is 8.04. The molecule has 3 nitrogen and oxygen atoms in total. The number of aryl methyl sites for hydroxylation is 1. The van der Waals surface area contributed by atoms with Crippen molar-refractivity contribution in [2.24, 2.45) is 0 Å². The van der Waals surface area contributed by atoms with Crippen molar-refractivity contribution >= 4 is 40.8 Å². The van der Waals surface area contributed by atoms with Crippen LogP contribution in [-0.2, 0) is 9.59 Å². The van der Waals surface area contributed by atoms with Gasteiger partial charge in [0.15, 0.2) is 0 Å². The molecule has 2 amide bonds. The number of amides is 2. The van der Waals surface area contributed by atoms with Gasteiger partial charge in [-0.2, -0.15) is 0 Å².